The molecule has 1 aliphatic carbocycles. The van der Waals surface area contributed by atoms with Gasteiger partial charge in [-0.25, -0.2) is 0 Å². The molecule has 0 aliphatic heterocycles. The molecule has 0 nitrogen and oxygen atoms in total. The monoisotopic (exact) mass is 242 g/mol. The molecule has 0 unspecified atom stereocenters. The van der Waals surface area contributed by atoms with E-state index in [1.165, 1.54) is 30.4 Å². The summed E-state index contributed by atoms with van der Waals surface area (Å²) in [5.41, 5.74) is 3.89. The van der Waals surface area contributed by atoms with Crippen molar-refractivity contribution >= 4 is 11.6 Å². The molecular weight excluding hydrogens is 228 g/mol. The van der Waals surface area contributed by atoms with E-state index in [4.69, 9.17) is 11.6 Å². The third-order valence-electron chi connectivity index (χ3n) is 3.39. The summed E-state index contributed by atoms with van der Waals surface area (Å²) < 4.78 is 0. The number of rotatable bonds is 3. The minimum absolute atomic E-state index is 0.843. The summed E-state index contributed by atoms with van der Waals surface area (Å²) in [6.07, 6.45) is 3.97. The maximum absolute atomic E-state index is 6.28. The van der Waals surface area contributed by atoms with Gasteiger partial charge in [-0.1, -0.05) is 54.1 Å². The standard InChI is InChI=1S/C16H15Cl/c17-16-8-4-3-7-15(16)14-6-2-1-5-13(14)11-12-9-10-12/h1-8,12H,9-11H2. The van der Waals surface area contributed by atoms with Crippen LogP contribution in [-0.4, -0.2) is 0 Å². The lowest BCUT2D eigenvalue weighted by molar-refractivity contribution is 0.834. The Morgan fingerprint density at radius 2 is 1.53 bits per heavy atom. The van der Waals surface area contributed by atoms with Crippen molar-refractivity contribution in [2.24, 2.45) is 5.92 Å². The Morgan fingerprint density at radius 1 is 0.882 bits per heavy atom. The topological polar surface area (TPSA) is 0 Å². The van der Waals surface area contributed by atoms with Crippen molar-refractivity contribution in [3.05, 3.63) is 59.1 Å². The van der Waals surface area contributed by atoms with E-state index in [1.54, 1.807) is 0 Å². The fourth-order valence-electron chi connectivity index (χ4n) is 2.27. The van der Waals surface area contributed by atoms with Crippen molar-refractivity contribution in [1.29, 1.82) is 0 Å². The van der Waals surface area contributed by atoms with E-state index < -0.39 is 0 Å². The Hall–Kier alpha value is -1.27. The van der Waals surface area contributed by atoms with Gasteiger partial charge in [-0.3, -0.25) is 0 Å². The molecular formula is C16H15Cl. The van der Waals surface area contributed by atoms with Gasteiger partial charge in [0.05, 0.1) is 0 Å². The molecule has 2 aromatic carbocycles. The molecule has 1 fully saturated rings. The minimum Gasteiger partial charge on any atom is -0.0837 e. The Labute approximate surface area is 107 Å². The maximum Gasteiger partial charge on any atom is 0.0484 e. The molecule has 1 heteroatoms. The van der Waals surface area contributed by atoms with E-state index in [1.807, 2.05) is 12.1 Å². The van der Waals surface area contributed by atoms with Gasteiger partial charge in [0.25, 0.3) is 0 Å². The quantitative estimate of drug-likeness (QED) is 0.714. The number of halogens is 1. The molecule has 1 aliphatic rings. The van der Waals surface area contributed by atoms with Crippen molar-refractivity contribution in [3.63, 3.8) is 0 Å². The van der Waals surface area contributed by atoms with Gasteiger partial charge in [0.15, 0.2) is 0 Å². The first-order chi connectivity index (χ1) is 8.34. The fourth-order valence-corrected chi connectivity index (χ4v) is 2.51. The average molecular weight is 243 g/mol. The first-order valence-electron chi connectivity index (χ1n) is 6.17. The van der Waals surface area contributed by atoms with Gasteiger partial charge >= 0.3 is 0 Å². The van der Waals surface area contributed by atoms with E-state index in [0.29, 0.717) is 0 Å². The second-order valence-electron chi connectivity index (χ2n) is 4.78. The molecule has 0 amide bonds. The van der Waals surface area contributed by atoms with Crippen molar-refractivity contribution < 1.29 is 0 Å². The second kappa shape index (κ2) is 4.54. The summed E-state index contributed by atoms with van der Waals surface area (Å²) >= 11 is 6.28. The van der Waals surface area contributed by atoms with Crippen LogP contribution >= 0.6 is 11.6 Å². The lowest BCUT2D eigenvalue weighted by Crippen LogP contribution is -1.92. The second-order valence-corrected chi connectivity index (χ2v) is 5.19. The average Bonchev–Trinajstić information content (AvgIpc) is 3.15. The molecule has 0 aromatic heterocycles. The third kappa shape index (κ3) is 2.37. The summed E-state index contributed by atoms with van der Waals surface area (Å²) in [5.74, 6) is 0.902. The number of hydrogen-bond acceptors (Lipinski definition) is 0. The van der Waals surface area contributed by atoms with Crippen LogP contribution in [0.2, 0.25) is 5.02 Å². The largest absolute Gasteiger partial charge is 0.0837 e. The highest BCUT2D eigenvalue weighted by Gasteiger charge is 2.22. The molecule has 3 rings (SSSR count). The first kappa shape index (κ1) is 10.9. The zero-order valence-corrected chi connectivity index (χ0v) is 10.5. The summed E-state index contributed by atoms with van der Waals surface area (Å²) in [6, 6.07) is 16.7. The fraction of sp³-hybridized carbons (Fsp3) is 0.250. The molecule has 0 heterocycles. The molecule has 1 saturated carbocycles. The molecule has 86 valence electrons. The molecule has 0 atom stereocenters. The van der Waals surface area contributed by atoms with Crippen LogP contribution in [0.25, 0.3) is 11.1 Å². The van der Waals surface area contributed by atoms with Gasteiger partial charge in [-0.2, -0.15) is 0 Å². The minimum atomic E-state index is 0.843. The molecule has 0 bridgehead atoms. The summed E-state index contributed by atoms with van der Waals surface area (Å²) in [7, 11) is 0. The Kier molecular flexibility index (Phi) is 2.90. The highest BCUT2D eigenvalue weighted by atomic mass is 35.5. The highest BCUT2D eigenvalue weighted by Crippen LogP contribution is 2.37. The molecule has 17 heavy (non-hydrogen) atoms. The van der Waals surface area contributed by atoms with E-state index >= 15 is 0 Å². The van der Waals surface area contributed by atoms with E-state index in [9.17, 15) is 0 Å². The van der Waals surface area contributed by atoms with Gasteiger partial charge in [0.1, 0.15) is 0 Å². The van der Waals surface area contributed by atoms with E-state index in [2.05, 4.69) is 36.4 Å². The van der Waals surface area contributed by atoms with Crippen molar-refractivity contribution in [2.75, 3.05) is 0 Å². The molecule has 0 N–H and O–H groups in total. The van der Waals surface area contributed by atoms with Gasteiger partial charge in [-0.05, 0) is 42.4 Å². The number of benzene rings is 2. The van der Waals surface area contributed by atoms with Crippen LogP contribution in [0.3, 0.4) is 0 Å². The number of hydrogen-bond donors (Lipinski definition) is 0. The van der Waals surface area contributed by atoms with Crippen LogP contribution in [-0.2, 0) is 6.42 Å². The maximum atomic E-state index is 6.28. The SMILES string of the molecule is Clc1ccccc1-c1ccccc1CC1CC1. The van der Waals surface area contributed by atoms with Crippen molar-refractivity contribution in [2.45, 2.75) is 19.3 Å². The molecule has 2 aromatic rings. The van der Waals surface area contributed by atoms with Crippen LogP contribution in [0.15, 0.2) is 48.5 Å². The smallest absolute Gasteiger partial charge is 0.0484 e. The lowest BCUT2D eigenvalue weighted by atomic mass is 9.96. The zero-order valence-electron chi connectivity index (χ0n) is 9.70. The highest BCUT2D eigenvalue weighted by molar-refractivity contribution is 6.33. The van der Waals surface area contributed by atoms with Crippen molar-refractivity contribution in [1.82, 2.24) is 0 Å². The van der Waals surface area contributed by atoms with Gasteiger partial charge in [0, 0.05) is 10.6 Å². The first-order valence-corrected chi connectivity index (χ1v) is 6.55. The Morgan fingerprint density at radius 3 is 2.24 bits per heavy atom. The predicted octanol–water partition coefficient (Wildman–Crippen LogP) is 4.96. The summed E-state index contributed by atoms with van der Waals surface area (Å²) in [4.78, 5) is 0. The third-order valence-corrected chi connectivity index (χ3v) is 3.72. The van der Waals surface area contributed by atoms with Gasteiger partial charge < -0.3 is 0 Å². The van der Waals surface area contributed by atoms with Crippen LogP contribution < -0.4 is 0 Å². The van der Waals surface area contributed by atoms with Crippen molar-refractivity contribution in [3.8, 4) is 11.1 Å². The zero-order chi connectivity index (χ0) is 11.7. The molecule has 0 saturated heterocycles. The molecule has 0 spiro atoms. The van der Waals surface area contributed by atoms with E-state index in [0.717, 1.165) is 16.5 Å². The summed E-state index contributed by atoms with van der Waals surface area (Å²) in [6.45, 7) is 0. The van der Waals surface area contributed by atoms with Gasteiger partial charge in [-0.15, -0.1) is 0 Å². The molecule has 0 radical (unpaired) electrons. The van der Waals surface area contributed by atoms with E-state index in [-0.39, 0.29) is 0 Å². The normalized spacial score (nSPS) is 14.9. The van der Waals surface area contributed by atoms with Gasteiger partial charge in [0.2, 0.25) is 0 Å². The van der Waals surface area contributed by atoms with Crippen LogP contribution in [0.4, 0.5) is 0 Å². The Bertz CT molecular complexity index is 527. The van der Waals surface area contributed by atoms with Crippen LogP contribution in [0, 0.1) is 5.92 Å². The van der Waals surface area contributed by atoms with Crippen LogP contribution in [0.1, 0.15) is 18.4 Å². The Balaban J connectivity index is 2.04. The predicted molar refractivity (Wildman–Crippen MR) is 73.3 cm³/mol. The summed E-state index contributed by atoms with van der Waals surface area (Å²) in [5, 5.41) is 0.843. The lowest BCUT2D eigenvalue weighted by Gasteiger charge is -2.10. The van der Waals surface area contributed by atoms with Crippen LogP contribution in [0.5, 0.6) is 0 Å².